The fourth-order valence-corrected chi connectivity index (χ4v) is 1.93. The molecule has 94 valence electrons. The average Bonchev–Trinajstić information content (AvgIpc) is 2.37. The Balaban J connectivity index is 2.23. The maximum atomic E-state index is 5.91. The Bertz CT molecular complexity index is 525. The molecule has 0 radical (unpaired) electrons. The van der Waals surface area contributed by atoms with Crippen LogP contribution in [0.4, 0.5) is 11.5 Å². The van der Waals surface area contributed by atoms with E-state index in [1.165, 1.54) is 0 Å². The third-order valence-electron chi connectivity index (χ3n) is 2.84. The number of pyridine rings is 2. The summed E-state index contributed by atoms with van der Waals surface area (Å²) in [5.74, 6) is 0.562. The van der Waals surface area contributed by atoms with Crippen LogP contribution in [0.25, 0.3) is 0 Å². The van der Waals surface area contributed by atoms with E-state index < -0.39 is 0 Å². The van der Waals surface area contributed by atoms with E-state index in [0.29, 0.717) is 5.82 Å². The highest BCUT2D eigenvalue weighted by atomic mass is 15.2. The molecule has 0 saturated carbocycles. The molecular formula is C14H18N4. The summed E-state index contributed by atoms with van der Waals surface area (Å²) < 4.78 is 0. The topological polar surface area (TPSA) is 55.0 Å². The second kappa shape index (κ2) is 5.49. The molecule has 2 heterocycles. The monoisotopic (exact) mass is 242 g/mol. The van der Waals surface area contributed by atoms with Gasteiger partial charge >= 0.3 is 0 Å². The lowest BCUT2D eigenvalue weighted by Crippen LogP contribution is -2.24. The van der Waals surface area contributed by atoms with Crippen LogP contribution in [-0.2, 0) is 6.54 Å². The van der Waals surface area contributed by atoms with E-state index in [0.717, 1.165) is 30.2 Å². The highest BCUT2D eigenvalue weighted by molar-refractivity contribution is 5.62. The summed E-state index contributed by atoms with van der Waals surface area (Å²) in [6.07, 6.45) is 1.71. The molecule has 0 unspecified atom stereocenters. The van der Waals surface area contributed by atoms with Gasteiger partial charge < -0.3 is 10.6 Å². The summed E-state index contributed by atoms with van der Waals surface area (Å²) in [5.41, 5.74) is 8.94. The molecule has 4 heteroatoms. The van der Waals surface area contributed by atoms with Gasteiger partial charge in [-0.15, -0.1) is 0 Å². The molecule has 0 aliphatic rings. The fourth-order valence-electron chi connectivity index (χ4n) is 1.93. The molecule has 0 aromatic carbocycles. The zero-order valence-corrected chi connectivity index (χ0v) is 10.8. The van der Waals surface area contributed by atoms with Gasteiger partial charge in [0.25, 0.3) is 0 Å². The minimum atomic E-state index is 0.562. The fraction of sp³-hybridized carbons (Fsp3) is 0.286. The molecule has 2 rings (SSSR count). The van der Waals surface area contributed by atoms with Gasteiger partial charge in [-0.3, -0.25) is 4.98 Å². The van der Waals surface area contributed by atoms with Crippen LogP contribution >= 0.6 is 0 Å². The Morgan fingerprint density at radius 1 is 1.22 bits per heavy atom. The summed E-state index contributed by atoms with van der Waals surface area (Å²) in [6, 6.07) is 9.94. The summed E-state index contributed by atoms with van der Waals surface area (Å²) in [6.45, 7) is 5.71. The van der Waals surface area contributed by atoms with Crippen molar-refractivity contribution in [2.45, 2.75) is 20.4 Å². The van der Waals surface area contributed by atoms with Crippen molar-refractivity contribution in [3.8, 4) is 0 Å². The number of nitrogens with zero attached hydrogens (tertiary/aromatic N) is 3. The molecule has 0 aliphatic carbocycles. The largest absolute Gasteiger partial charge is 0.382 e. The third kappa shape index (κ3) is 2.77. The summed E-state index contributed by atoms with van der Waals surface area (Å²) in [4.78, 5) is 10.8. The van der Waals surface area contributed by atoms with Crippen molar-refractivity contribution in [3.05, 3.63) is 47.9 Å². The third-order valence-corrected chi connectivity index (χ3v) is 2.84. The van der Waals surface area contributed by atoms with E-state index in [2.05, 4.69) is 21.8 Å². The smallest absolute Gasteiger partial charge is 0.146 e. The van der Waals surface area contributed by atoms with Crippen molar-refractivity contribution in [3.63, 3.8) is 0 Å². The van der Waals surface area contributed by atoms with E-state index >= 15 is 0 Å². The van der Waals surface area contributed by atoms with Crippen LogP contribution in [0.3, 0.4) is 0 Å². The lowest BCUT2D eigenvalue weighted by atomic mass is 10.2. The Kier molecular flexibility index (Phi) is 3.77. The molecule has 0 bridgehead atoms. The first-order valence-corrected chi connectivity index (χ1v) is 6.08. The van der Waals surface area contributed by atoms with E-state index in [-0.39, 0.29) is 0 Å². The molecule has 0 amide bonds. The number of hydrogen-bond donors (Lipinski definition) is 1. The van der Waals surface area contributed by atoms with Crippen molar-refractivity contribution in [1.82, 2.24) is 9.97 Å². The number of nitrogen functional groups attached to an aromatic ring is 1. The lowest BCUT2D eigenvalue weighted by Gasteiger charge is -2.23. The first-order valence-electron chi connectivity index (χ1n) is 6.08. The van der Waals surface area contributed by atoms with Gasteiger partial charge in [0.2, 0.25) is 0 Å². The summed E-state index contributed by atoms with van der Waals surface area (Å²) in [5, 5.41) is 0. The molecule has 0 aliphatic heterocycles. The van der Waals surface area contributed by atoms with E-state index in [9.17, 15) is 0 Å². The lowest BCUT2D eigenvalue weighted by molar-refractivity contribution is 0.805. The van der Waals surface area contributed by atoms with Gasteiger partial charge in [-0.05, 0) is 38.1 Å². The summed E-state index contributed by atoms with van der Waals surface area (Å²) >= 11 is 0. The van der Waals surface area contributed by atoms with Gasteiger partial charge in [0.1, 0.15) is 5.82 Å². The van der Waals surface area contributed by atoms with Crippen LogP contribution < -0.4 is 10.6 Å². The second-order valence-corrected chi connectivity index (χ2v) is 4.19. The number of hydrogen-bond acceptors (Lipinski definition) is 4. The number of aryl methyl sites for hydroxylation is 1. The molecule has 2 aromatic rings. The van der Waals surface area contributed by atoms with Crippen molar-refractivity contribution in [1.29, 1.82) is 0 Å². The predicted octanol–water partition coefficient (Wildman–Crippen LogP) is 2.39. The van der Waals surface area contributed by atoms with Crippen molar-refractivity contribution in [2.24, 2.45) is 0 Å². The van der Waals surface area contributed by atoms with Crippen LogP contribution in [0.1, 0.15) is 18.3 Å². The van der Waals surface area contributed by atoms with Gasteiger partial charge in [0.05, 0.1) is 17.9 Å². The summed E-state index contributed by atoms with van der Waals surface area (Å²) in [7, 11) is 0. The van der Waals surface area contributed by atoms with Crippen molar-refractivity contribution < 1.29 is 0 Å². The van der Waals surface area contributed by atoms with Crippen LogP contribution in [-0.4, -0.2) is 16.5 Å². The van der Waals surface area contributed by atoms with Gasteiger partial charge in [-0.2, -0.15) is 0 Å². The van der Waals surface area contributed by atoms with Crippen molar-refractivity contribution >= 4 is 11.5 Å². The van der Waals surface area contributed by atoms with Crippen LogP contribution in [0.5, 0.6) is 0 Å². The minimum Gasteiger partial charge on any atom is -0.382 e. The minimum absolute atomic E-state index is 0.562. The predicted molar refractivity (Wildman–Crippen MR) is 74.3 cm³/mol. The highest BCUT2D eigenvalue weighted by Gasteiger charge is 2.09. The number of rotatable bonds is 4. The Morgan fingerprint density at radius 2 is 2.06 bits per heavy atom. The van der Waals surface area contributed by atoms with Crippen LogP contribution in [0.15, 0.2) is 36.5 Å². The molecule has 2 aromatic heterocycles. The van der Waals surface area contributed by atoms with E-state index in [1.807, 2.05) is 37.3 Å². The molecular weight excluding hydrogens is 224 g/mol. The Morgan fingerprint density at radius 3 is 2.72 bits per heavy atom. The van der Waals surface area contributed by atoms with Gasteiger partial charge in [0.15, 0.2) is 0 Å². The highest BCUT2D eigenvalue weighted by Crippen LogP contribution is 2.21. The van der Waals surface area contributed by atoms with Crippen LogP contribution in [0, 0.1) is 6.92 Å². The number of nitrogens with two attached hydrogens (primary N) is 1. The zero-order chi connectivity index (χ0) is 13.0. The maximum Gasteiger partial charge on any atom is 0.146 e. The standard InChI is InChI=1S/C14H18N4/c1-3-18(13-8-5-9-16-14(13)15)10-12-7-4-6-11(2)17-12/h4-9H,3,10H2,1-2H3,(H2,15,16). The second-order valence-electron chi connectivity index (χ2n) is 4.19. The molecule has 4 nitrogen and oxygen atoms in total. The van der Waals surface area contributed by atoms with E-state index in [1.54, 1.807) is 6.20 Å². The first kappa shape index (κ1) is 12.4. The van der Waals surface area contributed by atoms with Crippen LogP contribution in [0.2, 0.25) is 0 Å². The number of anilines is 2. The molecule has 18 heavy (non-hydrogen) atoms. The number of aromatic nitrogens is 2. The molecule has 0 atom stereocenters. The van der Waals surface area contributed by atoms with Gasteiger partial charge in [0, 0.05) is 18.4 Å². The van der Waals surface area contributed by atoms with E-state index in [4.69, 9.17) is 5.73 Å². The molecule has 2 N–H and O–H groups in total. The molecule has 0 spiro atoms. The SMILES string of the molecule is CCN(Cc1cccc(C)n1)c1cccnc1N. The zero-order valence-electron chi connectivity index (χ0n) is 10.8. The average molecular weight is 242 g/mol. The quantitative estimate of drug-likeness (QED) is 0.894. The maximum absolute atomic E-state index is 5.91. The normalized spacial score (nSPS) is 10.3. The Hall–Kier alpha value is -2.10. The Labute approximate surface area is 107 Å². The van der Waals surface area contributed by atoms with Gasteiger partial charge in [-0.25, -0.2) is 4.98 Å². The van der Waals surface area contributed by atoms with Crippen molar-refractivity contribution in [2.75, 3.05) is 17.2 Å². The first-order chi connectivity index (χ1) is 8.70. The van der Waals surface area contributed by atoms with Gasteiger partial charge in [-0.1, -0.05) is 6.07 Å². The molecule has 0 saturated heterocycles. The molecule has 0 fully saturated rings.